The second kappa shape index (κ2) is 6.93. The monoisotopic (exact) mass is 329 g/mol. The van der Waals surface area contributed by atoms with Gasteiger partial charge < -0.3 is 14.8 Å². The number of hydrogen-bond donors (Lipinski definition) is 2. The van der Waals surface area contributed by atoms with Crippen LogP contribution in [0.15, 0.2) is 41.4 Å². The van der Waals surface area contributed by atoms with Gasteiger partial charge >= 0.3 is 0 Å². The molecular weight excluding hydrogens is 310 g/mol. The van der Waals surface area contributed by atoms with Gasteiger partial charge in [0.15, 0.2) is 0 Å². The van der Waals surface area contributed by atoms with Crippen LogP contribution in [0.1, 0.15) is 21.6 Å². The SMILES string of the molecule is Cc1cn2cc(C(=O)NCC(CO)Cc3ccsc3)ccc2n1. The van der Waals surface area contributed by atoms with Gasteiger partial charge in [-0.1, -0.05) is 0 Å². The van der Waals surface area contributed by atoms with Crippen molar-refractivity contribution in [2.75, 3.05) is 13.2 Å². The molecule has 0 spiro atoms. The fourth-order valence-electron chi connectivity index (χ4n) is 2.54. The van der Waals surface area contributed by atoms with Gasteiger partial charge in [-0.05, 0) is 47.9 Å². The molecule has 1 unspecified atom stereocenters. The first kappa shape index (κ1) is 15.7. The first-order valence-electron chi connectivity index (χ1n) is 7.51. The molecule has 2 N–H and O–H groups in total. The van der Waals surface area contributed by atoms with Crippen molar-refractivity contribution in [3.63, 3.8) is 0 Å². The zero-order chi connectivity index (χ0) is 16.2. The molecule has 23 heavy (non-hydrogen) atoms. The molecular formula is C17H19N3O2S. The highest BCUT2D eigenvalue weighted by atomic mass is 32.1. The number of fused-ring (bicyclic) bond motifs is 1. The van der Waals surface area contributed by atoms with E-state index in [4.69, 9.17) is 0 Å². The second-order valence-electron chi connectivity index (χ2n) is 5.66. The van der Waals surface area contributed by atoms with Crippen molar-refractivity contribution in [2.45, 2.75) is 13.3 Å². The summed E-state index contributed by atoms with van der Waals surface area (Å²) < 4.78 is 1.85. The number of aliphatic hydroxyl groups is 1. The van der Waals surface area contributed by atoms with Crippen LogP contribution in [0, 0.1) is 12.8 Å². The van der Waals surface area contributed by atoms with Crippen LogP contribution in [0.4, 0.5) is 0 Å². The Balaban J connectivity index is 1.62. The lowest BCUT2D eigenvalue weighted by Gasteiger charge is -2.14. The van der Waals surface area contributed by atoms with Gasteiger partial charge in [0.25, 0.3) is 5.91 Å². The van der Waals surface area contributed by atoms with Crippen LogP contribution >= 0.6 is 11.3 Å². The summed E-state index contributed by atoms with van der Waals surface area (Å²) in [5, 5.41) is 16.5. The number of aryl methyl sites for hydroxylation is 1. The molecule has 0 radical (unpaired) electrons. The number of aromatic nitrogens is 2. The third-order valence-electron chi connectivity index (χ3n) is 3.75. The summed E-state index contributed by atoms with van der Waals surface area (Å²) >= 11 is 1.64. The van der Waals surface area contributed by atoms with E-state index in [9.17, 15) is 9.90 Å². The molecule has 0 aliphatic heterocycles. The van der Waals surface area contributed by atoms with Crippen LogP contribution in [-0.4, -0.2) is 33.6 Å². The van der Waals surface area contributed by atoms with Gasteiger partial charge in [0.2, 0.25) is 0 Å². The summed E-state index contributed by atoms with van der Waals surface area (Å²) in [5.74, 6) is -0.116. The predicted molar refractivity (Wildman–Crippen MR) is 90.9 cm³/mol. The molecule has 0 fully saturated rings. The zero-order valence-corrected chi connectivity index (χ0v) is 13.7. The number of imidazole rings is 1. The highest BCUT2D eigenvalue weighted by Gasteiger charge is 2.13. The van der Waals surface area contributed by atoms with Gasteiger partial charge in [-0.2, -0.15) is 11.3 Å². The van der Waals surface area contributed by atoms with Crippen molar-refractivity contribution in [1.82, 2.24) is 14.7 Å². The lowest BCUT2D eigenvalue weighted by atomic mass is 10.0. The molecule has 5 nitrogen and oxygen atoms in total. The molecule has 3 aromatic rings. The topological polar surface area (TPSA) is 66.6 Å². The Labute approximate surface area is 138 Å². The van der Waals surface area contributed by atoms with Crippen molar-refractivity contribution in [3.05, 3.63) is 58.2 Å². The maximum absolute atomic E-state index is 12.3. The summed E-state index contributed by atoms with van der Waals surface area (Å²) in [6.07, 6.45) is 4.43. The summed E-state index contributed by atoms with van der Waals surface area (Å²) in [6, 6.07) is 5.64. The summed E-state index contributed by atoms with van der Waals surface area (Å²) in [5.41, 5.74) is 3.52. The maximum Gasteiger partial charge on any atom is 0.252 e. The number of nitrogens with one attached hydrogen (secondary N) is 1. The van der Waals surface area contributed by atoms with E-state index < -0.39 is 0 Å². The molecule has 0 aromatic carbocycles. The minimum atomic E-state index is -0.137. The number of rotatable bonds is 6. The average molecular weight is 329 g/mol. The van der Waals surface area contributed by atoms with Crippen molar-refractivity contribution in [3.8, 4) is 0 Å². The maximum atomic E-state index is 12.3. The average Bonchev–Trinajstić information content (AvgIpc) is 3.18. The molecule has 0 aliphatic carbocycles. The predicted octanol–water partition coefficient (Wildman–Crippen LogP) is 2.29. The molecule has 3 heterocycles. The van der Waals surface area contributed by atoms with Crippen LogP contribution in [0.5, 0.6) is 0 Å². The Hall–Kier alpha value is -2.18. The summed E-state index contributed by atoms with van der Waals surface area (Å²) in [4.78, 5) is 16.6. The molecule has 3 aromatic heterocycles. The smallest absolute Gasteiger partial charge is 0.252 e. The van der Waals surface area contributed by atoms with Gasteiger partial charge in [-0.25, -0.2) is 4.98 Å². The van der Waals surface area contributed by atoms with E-state index >= 15 is 0 Å². The Bertz CT molecular complexity index is 795. The highest BCUT2D eigenvalue weighted by molar-refractivity contribution is 7.07. The molecule has 120 valence electrons. The number of hydrogen-bond acceptors (Lipinski definition) is 4. The van der Waals surface area contributed by atoms with E-state index in [0.29, 0.717) is 12.1 Å². The minimum absolute atomic E-state index is 0.0211. The van der Waals surface area contributed by atoms with Crippen molar-refractivity contribution >= 4 is 22.9 Å². The molecule has 3 rings (SSSR count). The van der Waals surface area contributed by atoms with Crippen molar-refractivity contribution in [2.24, 2.45) is 5.92 Å². The van der Waals surface area contributed by atoms with Crippen LogP contribution < -0.4 is 5.32 Å². The number of nitrogens with zero attached hydrogens (tertiary/aromatic N) is 2. The lowest BCUT2D eigenvalue weighted by molar-refractivity contribution is 0.0939. The quantitative estimate of drug-likeness (QED) is 0.729. The van der Waals surface area contributed by atoms with Crippen LogP contribution in [0.2, 0.25) is 0 Å². The second-order valence-corrected chi connectivity index (χ2v) is 6.44. The molecule has 6 heteroatoms. The van der Waals surface area contributed by atoms with Gasteiger partial charge in [0.05, 0.1) is 11.3 Å². The lowest BCUT2D eigenvalue weighted by Crippen LogP contribution is -2.31. The highest BCUT2D eigenvalue weighted by Crippen LogP contribution is 2.12. The Kier molecular flexibility index (Phi) is 4.73. The van der Waals surface area contributed by atoms with Gasteiger partial charge in [-0.15, -0.1) is 0 Å². The van der Waals surface area contributed by atoms with Crippen molar-refractivity contribution < 1.29 is 9.90 Å². The number of thiophene rings is 1. The Morgan fingerprint density at radius 1 is 1.39 bits per heavy atom. The number of carbonyl (C=O) groups excluding carboxylic acids is 1. The van der Waals surface area contributed by atoms with E-state index in [1.807, 2.05) is 35.0 Å². The number of carbonyl (C=O) groups is 1. The van der Waals surface area contributed by atoms with Crippen LogP contribution in [-0.2, 0) is 6.42 Å². The van der Waals surface area contributed by atoms with Gasteiger partial charge in [0, 0.05) is 31.5 Å². The Morgan fingerprint density at radius 2 is 2.26 bits per heavy atom. The molecule has 0 saturated heterocycles. The van der Waals surface area contributed by atoms with Crippen LogP contribution in [0.3, 0.4) is 0 Å². The van der Waals surface area contributed by atoms with Gasteiger partial charge in [0.1, 0.15) is 5.65 Å². The first-order valence-corrected chi connectivity index (χ1v) is 8.45. The normalized spacial score (nSPS) is 12.4. The largest absolute Gasteiger partial charge is 0.396 e. The fourth-order valence-corrected chi connectivity index (χ4v) is 3.22. The van der Waals surface area contributed by atoms with Gasteiger partial charge in [-0.3, -0.25) is 4.79 Å². The number of pyridine rings is 1. The fraction of sp³-hybridized carbons (Fsp3) is 0.294. The van der Waals surface area contributed by atoms with E-state index in [0.717, 1.165) is 17.8 Å². The Morgan fingerprint density at radius 3 is 3.00 bits per heavy atom. The molecule has 0 saturated carbocycles. The first-order chi connectivity index (χ1) is 11.2. The number of aliphatic hydroxyl groups excluding tert-OH is 1. The number of amides is 1. The van der Waals surface area contributed by atoms with Crippen LogP contribution in [0.25, 0.3) is 5.65 Å². The van der Waals surface area contributed by atoms with E-state index in [-0.39, 0.29) is 18.4 Å². The third-order valence-corrected chi connectivity index (χ3v) is 4.48. The van der Waals surface area contributed by atoms with E-state index in [1.165, 1.54) is 5.56 Å². The molecule has 0 aliphatic rings. The summed E-state index contributed by atoms with van der Waals surface area (Å²) in [6.45, 7) is 2.42. The van der Waals surface area contributed by atoms with Crippen molar-refractivity contribution in [1.29, 1.82) is 0 Å². The van der Waals surface area contributed by atoms with E-state index in [1.54, 1.807) is 23.6 Å². The molecule has 1 amide bonds. The minimum Gasteiger partial charge on any atom is -0.396 e. The van der Waals surface area contributed by atoms with E-state index in [2.05, 4.69) is 15.7 Å². The third kappa shape index (κ3) is 3.78. The standard InChI is InChI=1S/C17H19N3O2S/c1-12-8-20-9-15(2-3-16(20)19-12)17(22)18-7-14(10-21)6-13-4-5-23-11-13/h2-5,8-9,11,14,21H,6-7,10H2,1H3,(H,18,22). The molecule has 0 bridgehead atoms. The molecule has 1 atom stereocenters. The zero-order valence-electron chi connectivity index (χ0n) is 12.9. The summed E-state index contributed by atoms with van der Waals surface area (Å²) in [7, 11) is 0.